The van der Waals surface area contributed by atoms with Crippen molar-refractivity contribution < 1.29 is 4.39 Å². The van der Waals surface area contributed by atoms with Gasteiger partial charge in [-0.25, -0.2) is 4.39 Å². The van der Waals surface area contributed by atoms with E-state index in [4.69, 9.17) is 5.73 Å². The molecule has 0 heterocycles. The summed E-state index contributed by atoms with van der Waals surface area (Å²) in [5.41, 5.74) is 6.37. The van der Waals surface area contributed by atoms with Crippen LogP contribution in [0.25, 0.3) is 0 Å². The van der Waals surface area contributed by atoms with Gasteiger partial charge < -0.3 is 11.1 Å². The smallest absolute Gasteiger partial charge is 0.126 e. The number of nitrogens with two attached hydrogens (primary N) is 1. The van der Waals surface area contributed by atoms with E-state index in [1.165, 1.54) is 6.07 Å². The van der Waals surface area contributed by atoms with Gasteiger partial charge in [0, 0.05) is 12.1 Å². The summed E-state index contributed by atoms with van der Waals surface area (Å²) in [6.07, 6.45) is 2.93. The van der Waals surface area contributed by atoms with E-state index in [0.717, 1.165) is 24.9 Å². The van der Waals surface area contributed by atoms with E-state index in [-0.39, 0.29) is 11.4 Å². The molecular weight excluding hydrogens is 239 g/mol. The number of nitrogens with one attached hydrogen (secondary N) is 1. The Morgan fingerprint density at radius 2 is 1.89 bits per heavy atom. The molecule has 2 nitrogen and oxygen atoms in total. The number of hydrogen-bond acceptors (Lipinski definition) is 2. The first-order valence-corrected chi connectivity index (χ1v) is 7.23. The van der Waals surface area contributed by atoms with Crippen molar-refractivity contribution in [2.24, 2.45) is 11.7 Å². The summed E-state index contributed by atoms with van der Waals surface area (Å²) in [7, 11) is 0. The third-order valence-corrected chi connectivity index (χ3v) is 3.96. The lowest BCUT2D eigenvalue weighted by Gasteiger charge is -2.31. The van der Waals surface area contributed by atoms with Gasteiger partial charge in [0.25, 0.3) is 0 Å². The van der Waals surface area contributed by atoms with Gasteiger partial charge in [-0.15, -0.1) is 0 Å². The molecule has 1 aromatic carbocycles. The van der Waals surface area contributed by atoms with Crippen molar-refractivity contribution in [3.63, 3.8) is 0 Å². The monoisotopic (exact) mass is 266 g/mol. The van der Waals surface area contributed by atoms with Gasteiger partial charge in [-0.2, -0.15) is 0 Å². The van der Waals surface area contributed by atoms with Crippen molar-refractivity contribution in [3.05, 3.63) is 35.6 Å². The molecule has 3 heteroatoms. The minimum Gasteiger partial charge on any atom is -0.329 e. The fourth-order valence-electron chi connectivity index (χ4n) is 2.24. The third-order valence-electron chi connectivity index (χ3n) is 3.96. The second kappa shape index (κ2) is 7.61. The Hall–Kier alpha value is -0.930. The first kappa shape index (κ1) is 16.1. The van der Waals surface area contributed by atoms with E-state index < -0.39 is 0 Å². The Kier molecular flexibility index (Phi) is 6.46. The molecule has 0 aliphatic heterocycles. The van der Waals surface area contributed by atoms with E-state index in [1.807, 2.05) is 12.1 Å². The van der Waals surface area contributed by atoms with Crippen molar-refractivity contribution in [1.82, 2.24) is 5.32 Å². The highest BCUT2D eigenvalue weighted by molar-refractivity contribution is 5.20. The van der Waals surface area contributed by atoms with E-state index in [0.29, 0.717) is 18.9 Å². The number of benzene rings is 1. The molecule has 0 saturated carbocycles. The maximum Gasteiger partial charge on any atom is 0.126 e. The van der Waals surface area contributed by atoms with Crippen LogP contribution in [0.1, 0.15) is 39.2 Å². The van der Waals surface area contributed by atoms with Crippen molar-refractivity contribution in [2.75, 3.05) is 13.1 Å². The highest BCUT2D eigenvalue weighted by Gasteiger charge is 2.24. The topological polar surface area (TPSA) is 38.0 Å². The normalized spacial score (nSPS) is 14.6. The average Bonchev–Trinajstić information content (AvgIpc) is 2.42. The van der Waals surface area contributed by atoms with Crippen LogP contribution < -0.4 is 11.1 Å². The van der Waals surface area contributed by atoms with Crippen molar-refractivity contribution in [3.8, 4) is 0 Å². The first-order chi connectivity index (χ1) is 9.04. The fraction of sp³-hybridized carbons (Fsp3) is 0.625. The van der Waals surface area contributed by atoms with Gasteiger partial charge in [-0.05, 0) is 37.4 Å². The van der Waals surface area contributed by atoms with Crippen LogP contribution in [0, 0.1) is 11.7 Å². The van der Waals surface area contributed by atoms with Gasteiger partial charge >= 0.3 is 0 Å². The van der Waals surface area contributed by atoms with Crippen molar-refractivity contribution in [2.45, 2.75) is 45.6 Å². The van der Waals surface area contributed by atoms with Gasteiger partial charge in [0.1, 0.15) is 5.82 Å². The summed E-state index contributed by atoms with van der Waals surface area (Å²) < 4.78 is 13.7. The van der Waals surface area contributed by atoms with Crippen LogP contribution in [0.2, 0.25) is 0 Å². The largest absolute Gasteiger partial charge is 0.329 e. The number of rotatable bonds is 8. The Labute approximate surface area is 116 Å². The lowest BCUT2D eigenvalue weighted by Crippen LogP contribution is -2.52. The highest BCUT2D eigenvalue weighted by atomic mass is 19.1. The molecule has 0 aliphatic carbocycles. The van der Waals surface area contributed by atoms with Crippen LogP contribution >= 0.6 is 0 Å². The van der Waals surface area contributed by atoms with E-state index in [1.54, 1.807) is 6.07 Å². The molecule has 19 heavy (non-hydrogen) atoms. The van der Waals surface area contributed by atoms with Crippen molar-refractivity contribution in [1.29, 1.82) is 0 Å². The van der Waals surface area contributed by atoms with E-state index in [2.05, 4.69) is 26.1 Å². The maximum atomic E-state index is 13.7. The average molecular weight is 266 g/mol. The molecule has 0 saturated heterocycles. The summed E-state index contributed by atoms with van der Waals surface area (Å²) in [5.74, 6) is 0.512. The summed E-state index contributed by atoms with van der Waals surface area (Å²) in [4.78, 5) is 0. The van der Waals surface area contributed by atoms with Crippen LogP contribution in [-0.4, -0.2) is 18.6 Å². The van der Waals surface area contributed by atoms with Gasteiger partial charge in [-0.3, -0.25) is 0 Å². The zero-order valence-electron chi connectivity index (χ0n) is 12.4. The second-order valence-corrected chi connectivity index (χ2v) is 5.60. The summed E-state index contributed by atoms with van der Waals surface area (Å²) >= 11 is 0. The molecule has 0 spiro atoms. The number of halogens is 1. The van der Waals surface area contributed by atoms with Crippen LogP contribution in [-0.2, 0) is 6.42 Å². The molecule has 1 unspecified atom stereocenters. The molecule has 108 valence electrons. The molecule has 0 amide bonds. The van der Waals surface area contributed by atoms with Crippen LogP contribution in [0.15, 0.2) is 24.3 Å². The second-order valence-electron chi connectivity index (χ2n) is 5.60. The highest BCUT2D eigenvalue weighted by Crippen LogP contribution is 2.16. The minimum absolute atomic E-state index is 0.147. The lowest BCUT2D eigenvalue weighted by atomic mass is 9.91. The van der Waals surface area contributed by atoms with Crippen molar-refractivity contribution >= 4 is 0 Å². The number of hydrogen-bond donors (Lipinski definition) is 2. The summed E-state index contributed by atoms with van der Waals surface area (Å²) in [6, 6.07) is 6.93. The Bertz CT molecular complexity index is 377. The molecular formula is C16H27FN2. The molecule has 1 aromatic rings. The van der Waals surface area contributed by atoms with Gasteiger partial charge in [-0.1, -0.05) is 44.9 Å². The predicted octanol–water partition coefficient (Wildman–Crippen LogP) is 3.11. The first-order valence-electron chi connectivity index (χ1n) is 7.23. The van der Waals surface area contributed by atoms with E-state index >= 15 is 0 Å². The van der Waals surface area contributed by atoms with E-state index in [9.17, 15) is 4.39 Å². The summed E-state index contributed by atoms with van der Waals surface area (Å²) in [5, 5.41) is 3.53. The van der Waals surface area contributed by atoms with Crippen LogP contribution in [0.5, 0.6) is 0 Å². The zero-order valence-corrected chi connectivity index (χ0v) is 12.4. The molecule has 0 bridgehead atoms. The molecule has 0 radical (unpaired) electrons. The van der Waals surface area contributed by atoms with Gasteiger partial charge in [0.2, 0.25) is 0 Å². The standard InChI is InChI=1S/C16H27FN2/c1-4-13(5-2)11-19-16(3,12-18)10-14-8-6-7-9-15(14)17/h6-9,13,19H,4-5,10-12,18H2,1-3H3. The molecule has 0 aliphatic rings. The molecule has 0 fully saturated rings. The zero-order chi connectivity index (χ0) is 14.3. The van der Waals surface area contributed by atoms with Crippen LogP contribution in [0.3, 0.4) is 0 Å². The predicted molar refractivity (Wildman–Crippen MR) is 79.6 cm³/mol. The van der Waals surface area contributed by atoms with Crippen LogP contribution in [0.4, 0.5) is 4.39 Å². The Morgan fingerprint density at radius 3 is 2.42 bits per heavy atom. The molecule has 0 aromatic heterocycles. The Balaban J connectivity index is 2.67. The van der Waals surface area contributed by atoms with Gasteiger partial charge in [0.15, 0.2) is 0 Å². The maximum absolute atomic E-state index is 13.7. The lowest BCUT2D eigenvalue weighted by molar-refractivity contribution is 0.316. The molecule has 3 N–H and O–H groups in total. The SMILES string of the molecule is CCC(CC)CNC(C)(CN)Cc1ccccc1F. The summed E-state index contributed by atoms with van der Waals surface area (Å²) in [6.45, 7) is 7.91. The fourth-order valence-corrected chi connectivity index (χ4v) is 2.24. The quantitative estimate of drug-likeness (QED) is 0.758. The molecule has 1 atom stereocenters. The minimum atomic E-state index is -0.245. The third kappa shape index (κ3) is 4.92. The van der Waals surface area contributed by atoms with Gasteiger partial charge in [0.05, 0.1) is 0 Å². The molecule has 1 rings (SSSR count). The Morgan fingerprint density at radius 1 is 1.26 bits per heavy atom.